The summed E-state index contributed by atoms with van der Waals surface area (Å²) in [5.74, 6) is 0.853. The summed E-state index contributed by atoms with van der Waals surface area (Å²) in [5.41, 5.74) is 1.60. The van der Waals surface area contributed by atoms with Crippen LogP contribution in [0.15, 0.2) is 29.3 Å². The molecule has 5 heteroatoms. The molecule has 0 aromatic heterocycles. The van der Waals surface area contributed by atoms with Gasteiger partial charge in [-0.15, -0.1) is 0 Å². The highest BCUT2D eigenvalue weighted by atomic mass is 35.5. The Labute approximate surface area is 131 Å². The Hall–Kier alpha value is -1.26. The van der Waals surface area contributed by atoms with Crippen LogP contribution in [0.3, 0.4) is 0 Å². The largest absolute Gasteiger partial charge is 0.385 e. The van der Waals surface area contributed by atoms with Crippen molar-refractivity contribution in [2.45, 2.75) is 24.7 Å². The molecule has 1 aliphatic rings. The van der Waals surface area contributed by atoms with Gasteiger partial charge in [-0.3, -0.25) is 4.99 Å². The molecule has 2 rings (SSSR count). The Kier molecular flexibility index (Phi) is 5.88. The first-order valence-electron chi connectivity index (χ1n) is 7.40. The molecule has 0 spiro atoms. The van der Waals surface area contributed by atoms with Gasteiger partial charge in [0.2, 0.25) is 0 Å². The van der Waals surface area contributed by atoms with Crippen molar-refractivity contribution in [2.24, 2.45) is 4.99 Å². The lowest BCUT2D eigenvalue weighted by Gasteiger charge is -2.19. The van der Waals surface area contributed by atoms with Crippen molar-refractivity contribution >= 4 is 17.6 Å². The van der Waals surface area contributed by atoms with E-state index in [0.29, 0.717) is 0 Å². The molecule has 2 N–H and O–H groups in total. The van der Waals surface area contributed by atoms with Gasteiger partial charge in [-0.2, -0.15) is 0 Å². The van der Waals surface area contributed by atoms with Crippen molar-refractivity contribution in [3.05, 3.63) is 34.9 Å². The number of nitrogens with zero attached hydrogens (tertiary/aromatic N) is 1. The molecule has 1 aliphatic carbocycles. The average Bonchev–Trinajstić information content (AvgIpc) is 3.28. The van der Waals surface area contributed by atoms with Gasteiger partial charge in [0.15, 0.2) is 5.96 Å². The van der Waals surface area contributed by atoms with E-state index in [1.54, 1.807) is 14.2 Å². The predicted molar refractivity (Wildman–Crippen MR) is 88.2 cm³/mol. The van der Waals surface area contributed by atoms with Crippen molar-refractivity contribution in [1.29, 1.82) is 0 Å². The number of hydrogen-bond acceptors (Lipinski definition) is 2. The highest BCUT2D eigenvalue weighted by molar-refractivity contribution is 6.30. The lowest BCUT2D eigenvalue weighted by Crippen LogP contribution is -2.41. The van der Waals surface area contributed by atoms with E-state index in [2.05, 4.69) is 27.8 Å². The second-order valence-electron chi connectivity index (χ2n) is 5.49. The predicted octanol–water partition coefficient (Wildman–Crippen LogP) is 2.57. The summed E-state index contributed by atoms with van der Waals surface area (Å²) in [6, 6.07) is 8.20. The van der Waals surface area contributed by atoms with Crippen LogP contribution >= 0.6 is 11.6 Å². The Balaban J connectivity index is 1.82. The quantitative estimate of drug-likeness (QED) is 0.462. The summed E-state index contributed by atoms with van der Waals surface area (Å²) in [5, 5.41) is 7.52. The van der Waals surface area contributed by atoms with Gasteiger partial charge in [0, 0.05) is 44.3 Å². The van der Waals surface area contributed by atoms with Crippen LogP contribution < -0.4 is 10.6 Å². The summed E-state index contributed by atoms with van der Waals surface area (Å²) in [7, 11) is 3.52. The zero-order valence-corrected chi connectivity index (χ0v) is 13.5. The third-order valence-electron chi connectivity index (χ3n) is 3.95. The maximum absolute atomic E-state index is 5.96. The van der Waals surface area contributed by atoms with Gasteiger partial charge >= 0.3 is 0 Å². The smallest absolute Gasteiger partial charge is 0.191 e. The van der Waals surface area contributed by atoms with Gasteiger partial charge < -0.3 is 15.4 Å². The van der Waals surface area contributed by atoms with Crippen molar-refractivity contribution in [1.82, 2.24) is 10.6 Å². The first kappa shape index (κ1) is 16.1. The van der Waals surface area contributed by atoms with E-state index in [1.807, 2.05) is 12.1 Å². The van der Waals surface area contributed by atoms with E-state index in [-0.39, 0.29) is 5.41 Å². The molecular formula is C16H24ClN3O. The molecule has 21 heavy (non-hydrogen) atoms. The molecule has 1 aromatic carbocycles. The molecule has 0 radical (unpaired) electrons. The maximum Gasteiger partial charge on any atom is 0.191 e. The fourth-order valence-electron chi connectivity index (χ4n) is 2.42. The number of rotatable bonds is 7. The van der Waals surface area contributed by atoms with Crippen LogP contribution in [0.25, 0.3) is 0 Å². The molecule has 0 saturated heterocycles. The summed E-state index contributed by atoms with van der Waals surface area (Å²) >= 11 is 5.96. The third-order valence-corrected chi connectivity index (χ3v) is 4.20. The summed E-state index contributed by atoms with van der Waals surface area (Å²) in [6.45, 7) is 2.53. The number of benzene rings is 1. The molecule has 0 aliphatic heterocycles. The number of nitrogens with one attached hydrogen (secondary N) is 2. The zero-order chi connectivity index (χ0) is 15.1. The highest BCUT2D eigenvalue weighted by Crippen LogP contribution is 2.47. The summed E-state index contributed by atoms with van der Waals surface area (Å²) < 4.78 is 5.04. The van der Waals surface area contributed by atoms with E-state index >= 15 is 0 Å². The summed E-state index contributed by atoms with van der Waals surface area (Å²) in [4.78, 5) is 4.26. The second kappa shape index (κ2) is 7.66. The van der Waals surface area contributed by atoms with Crippen molar-refractivity contribution in [3.8, 4) is 0 Å². The average molecular weight is 310 g/mol. The second-order valence-corrected chi connectivity index (χ2v) is 5.92. The van der Waals surface area contributed by atoms with E-state index in [1.165, 1.54) is 18.4 Å². The molecule has 0 heterocycles. The van der Waals surface area contributed by atoms with Crippen LogP contribution in [0, 0.1) is 0 Å². The van der Waals surface area contributed by atoms with Crippen LogP contribution in [0.1, 0.15) is 24.8 Å². The minimum absolute atomic E-state index is 0.245. The normalized spacial score (nSPS) is 16.6. The van der Waals surface area contributed by atoms with E-state index in [9.17, 15) is 0 Å². The number of ether oxygens (including phenoxy) is 1. The third kappa shape index (κ3) is 4.61. The SMILES string of the molecule is CN=C(NCCCOC)NCC1(c2ccc(Cl)cc2)CC1. The maximum atomic E-state index is 5.96. The van der Waals surface area contributed by atoms with E-state index < -0.39 is 0 Å². The number of aliphatic imine (C=N–C) groups is 1. The monoisotopic (exact) mass is 309 g/mol. The van der Waals surface area contributed by atoms with Gasteiger partial charge in [0.25, 0.3) is 0 Å². The first-order chi connectivity index (χ1) is 10.2. The molecule has 1 saturated carbocycles. The molecular weight excluding hydrogens is 286 g/mol. The molecule has 0 bridgehead atoms. The van der Waals surface area contributed by atoms with Gasteiger partial charge in [0.1, 0.15) is 0 Å². The molecule has 4 nitrogen and oxygen atoms in total. The number of methoxy groups -OCH3 is 1. The van der Waals surface area contributed by atoms with Crippen molar-refractivity contribution in [2.75, 3.05) is 33.9 Å². The van der Waals surface area contributed by atoms with Crippen molar-refractivity contribution in [3.63, 3.8) is 0 Å². The topological polar surface area (TPSA) is 45.7 Å². The molecule has 0 amide bonds. The van der Waals surface area contributed by atoms with Crippen molar-refractivity contribution < 1.29 is 4.74 Å². The minimum Gasteiger partial charge on any atom is -0.385 e. The molecule has 1 aromatic rings. The van der Waals surface area contributed by atoms with Crippen LogP contribution in [0.5, 0.6) is 0 Å². The van der Waals surface area contributed by atoms with E-state index in [4.69, 9.17) is 16.3 Å². The number of guanidine groups is 1. The Morgan fingerprint density at radius 2 is 2.00 bits per heavy atom. The molecule has 0 atom stereocenters. The zero-order valence-electron chi connectivity index (χ0n) is 12.8. The van der Waals surface area contributed by atoms with E-state index in [0.717, 1.165) is 37.1 Å². The minimum atomic E-state index is 0.245. The Bertz CT molecular complexity index is 469. The lowest BCUT2D eigenvalue weighted by atomic mass is 9.96. The van der Waals surface area contributed by atoms with Gasteiger partial charge in [-0.25, -0.2) is 0 Å². The van der Waals surface area contributed by atoms with Crippen LogP contribution in [-0.4, -0.2) is 39.8 Å². The Morgan fingerprint density at radius 3 is 2.57 bits per heavy atom. The van der Waals surface area contributed by atoms with Crippen LogP contribution in [-0.2, 0) is 10.2 Å². The number of halogens is 1. The molecule has 116 valence electrons. The van der Waals surface area contributed by atoms with Gasteiger partial charge in [0.05, 0.1) is 0 Å². The highest BCUT2D eigenvalue weighted by Gasteiger charge is 2.44. The van der Waals surface area contributed by atoms with Gasteiger partial charge in [-0.1, -0.05) is 23.7 Å². The lowest BCUT2D eigenvalue weighted by molar-refractivity contribution is 0.195. The Morgan fingerprint density at radius 1 is 1.29 bits per heavy atom. The fraction of sp³-hybridized carbons (Fsp3) is 0.562. The first-order valence-corrected chi connectivity index (χ1v) is 7.77. The summed E-state index contributed by atoms with van der Waals surface area (Å²) in [6.07, 6.45) is 3.39. The standard InChI is InChI=1S/C16H24ClN3O/c1-18-15(19-10-3-11-21-2)20-12-16(8-9-16)13-4-6-14(17)7-5-13/h4-7H,3,8-12H2,1-2H3,(H2,18,19,20). The van der Waals surface area contributed by atoms with Gasteiger partial charge in [-0.05, 0) is 37.0 Å². The fourth-order valence-corrected chi connectivity index (χ4v) is 2.54. The molecule has 1 fully saturated rings. The number of hydrogen-bond donors (Lipinski definition) is 2. The van der Waals surface area contributed by atoms with Crippen LogP contribution in [0.4, 0.5) is 0 Å². The van der Waals surface area contributed by atoms with Crippen LogP contribution in [0.2, 0.25) is 5.02 Å². The molecule has 0 unspecified atom stereocenters.